The molecule has 0 amide bonds. The lowest BCUT2D eigenvalue weighted by Crippen LogP contribution is -2.63. The summed E-state index contributed by atoms with van der Waals surface area (Å²) in [5, 5.41) is 11.1. The molecular formula is C29H40O6. The van der Waals surface area contributed by atoms with Gasteiger partial charge < -0.3 is 24.1 Å². The Balaban J connectivity index is 1.39. The molecule has 0 aromatic heterocycles. The first-order valence-corrected chi connectivity index (χ1v) is 13.6. The Morgan fingerprint density at radius 3 is 2.77 bits per heavy atom. The van der Waals surface area contributed by atoms with Crippen LogP contribution in [-0.2, 0) is 23.8 Å². The standard InChI is InChI=1S/C29H40O6/c1-15(2)23-8-19-10-27(13-30)22-7-6-16(3)21(22)11-28(19,29(23,27)26(31)32)14-34-24-9-20-17(4)12-33-25(20)18(5)35-24/h8,13,15-16,18-22,24-25H,4,6-7,9-12,14H2,1-3,5H3,(H,31,32)/t16-,18-,19?,20-,21-,22-,24-,25-,27?,28?,29+/m1/s1. The maximum absolute atomic E-state index is 13.5. The van der Waals surface area contributed by atoms with Crippen LogP contribution in [0.3, 0.4) is 0 Å². The third-order valence-electron chi connectivity index (χ3n) is 11.3. The molecule has 0 radical (unpaired) electrons. The maximum Gasteiger partial charge on any atom is 0.315 e. The zero-order valence-electron chi connectivity index (χ0n) is 21.5. The number of carboxylic acids is 1. The quantitative estimate of drug-likeness (QED) is 0.437. The van der Waals surface area contributed by atoms with Crippen molar-refractivity contribution in [2.75, 3.05) is 13.2 Å². The molecule has 2 saturated heterocycles. The van der Waals surface area contributed by atoms with Crippen molar-refractivity contribution in [1.82, 2.24) is 0 Å². The van der Waals surface area contributed by atoms with E-state index in [-0.39, 0.29) is 35.9 Å². The molecule has 6 rings (SSSR count). The van der Waals surface area contributed by atoms with E-state index in [1.54, 1.807) is 0 Å². The van der Waals surface area contributed by atoms with Crippen molar-refractivity contribution in [1.29, 1.82) is 0 Å². The molecule has 3 saturated carbocycles. The minimum Gasteiger partial charge on any atom is -0.481 e. The number of hydrogen-bond donors (Lipinski definition) is 1. The highest BCUT2D eigenvalue weighted by atomic mass is 16.7. The summed E-state index contributed by atoms with van der Waals surface area (Å²) < 4.78 is 18.7. The van der Waals surface area contributed by atoms with Gasteiger partial charge in [0.15, 0.2) is 6.29 Å². The van der Waals surface area contributed by atoms with Gasteiger partial charge in [0.25, 0.3) is 0 Å². The third kappa shape index (κ3) is 2.72. The van der Waals surface area contributed by atoms with Crippen molar-refractivity contribution in [2.45, 2.75) is 78.3 Å². The number of aliphatic carboxylic acids is 1. The molecule has 4 bridgehead atoms. The van der Waals surface area contributed by atoms with E-state index in [0.717, 1.165) is 36.7 Å². The molecule has 6 aliphatic rings. The minimum atomic E-state index is -1.20. The van der Waals surface area contributed by atoms with Crippen LogP contribution in [-0.4, -0.2) is 49.1 Å². The van der Waals surface area contributed by atoms with Crippen molar-refractivity contribution in [3.63, 3.8) is 0 Å². The van der Waals surface area contributed by atoms with E-state index in [9.17, 15) is 14.7 Å². The van der Waals surface area contributed by atoms with Crippen molar-refractivity contribution < 1.29 is 28.9 Å². The summed E-state index contributed by atoms with van der Waals surface area (Å²) >= 11 is 0. The lowest BCUT2D eigenvalue weighted by molar-refractivity contribution is -0.248. The van der Waals surface area contributed by atoms with Crippen molar-refractivity contribution in [3.05, 3.63) is 23.8 Å². The number of carbonyl (C=O) groups excluding carboxylic acids is 1. The largest absolute Gasteiger partial charge is 0.481 e. The first-order chi connectivity index (χ1) is 16.6. The van der Waals surface area contributed by atoms with Crippen LogP contribution in [0, 0.1) is 51.8 Å². The summed E-state index contributed by atoms with van der Waals surface area (Å²) in [6, 6.07) is 0. The molecule has 6 heteroatoms. The number of carboxylic acid groups (broad SMARTS) is 1. The highest BCUT2D eigenvalue weighted by Gasteiger charge is 2.84. The molecule has 6 nitrogen and oxygen atoms in total. The van der Waals surface area contributed by atoms with Crippen molar-refractivity contribution in [2.24, 2.45) is 51.8 Å². The fourth-order valence-electron chi connectivity index (χ4n) is 9.99. The van der Waals surface area contributed by atoms with Crippen LogP contribution >= 0.6 is 0 Å². The molecule has 1 N–H and O–H groups in total. The Morgan fingerprint density at radius 2 is 2.09 bits per heavy atom. The minimum absolute atomic E-state index is 0.0141. The van der Waals surface area contributed by atoms with Gasteiger partial charge in [-0.1, -0.05) is 45.4 Å². The topological polar surface area (TPSA) is 82.1 Å². The number of hydrogen-bond acceptors (Lipinski definition) is 5. The van der Waals surface area contributed by atoms with E-state index in [1.165, 1.54) is 0 Å². The van der Waals surface area contributed by atoms with Crippen LogP contribution in [0.25, 0.3) is 0 Å². The van der Waals surface area contributed by atoms with Gasteiger partial charge in [-0.3, -0.25) is 4.79 Å². The molecule has 5 fully saturated rings. The van der Waals surface area contributed by atoms with Crippen LogP contribution in [0.2, 0.25) is 0 Å². The Labute approximate surface area is 208 Å². The SMILES string of the molecule is C=C1CO[C@H]2[C@@H]1C[C@H](OCC13C[C@@H]4[C@H](C)CC[C@H]4C4(C=O)CC1C=C(C(C)C)[C@@]34C(=O)O)O[C@@H]2C. The second-order valence-corrected chi connectivity index (χ2v) is 12.8. The van der Waals surface area contributed by atoms with E-state index in [2.05, 4.69) is 33.4 Å². The van der Waals surface area contributed by atoms with Gasteiger partial charge in [0.1, 0.15) is 11.7 Å². The first-order valence-electron chi connectivity index (χ1n) is 13.6. The molecule has 11 atom stereocenters. The average molecular weight is 485 g/mol. The monoisotopic (exact) mass is 484 g/mol. The number of allylic oxidation sites excluding steroid dienone is 1. The van der Waals surface area contributed by atoms with Crippen molar-refractivity contribution in [3.8, 4) is 0 Å². The first kappa shape index (κ1) is 23.9. The van der Waals surface area contributed by atoms with E-state index in [4.69, 9.17) is 14.2 Å². The lowest BCUT2D eigenvalue weighted by Gasteiger charge is -2.58. The zero-order chi connectivity index (χ0) is 24.9. The summed E-state index contributed by atoms with van der Waals surface area (Å²) in [6.07, 6.45) is 6.92. The van der Waals surface area contributed by atoms with Crippen LogP contribution in [0.15, 0.2) is 23.8 Å². The van der Waals surface area contributed by atoms with Gasteiger partial charge in [0.05, 0.1) is 30.8 Å². The number of aldehydes is 1. The number of fused-ring (bicyclic) bond motifs is 3. The predicted molar refractivity (Wildman–Crippen MR) is 129 cm³/mol. The summed E-state index contributed by atoms with van der Waals surface area (Å²) in [4.78, 5) is 26.7. The molecule has 35 heavy (non-hydrogen) atoms. The fraction of sp³-hybridized carbons (Fsp3) is 0.793. The van der Waals surface area contributed by atoms with Gasteiger partial charge >= 0.3 is 5.97 Å². The normalized spacial score (nSPS) is 51.9. The van der Waals surface area contributed by atoms with Crippen LogP contribution < -0.4 is 0 Å². The Kier molecular flexibility index (Phi) is 5.29. The van der Waals surface area contributed by atoms with Gasteiger partial charge in [-0.05, 0) is 61.3 Å². The molecule has 0 aromatic carbocycles. The number of carbonyl (C=O) groups is 2. The summed E-state index contributed by atoms with van der Waals surface area (Å²) in [6.45, 7) is 13.5. The fourth-order valence-corrected chi connectivity index (χ4v) is 9.99. The van der Waals surface area contributed by atoms with Gasteiger partial charge in [0.2, 0.25) is 0 Å². The predicted octanol–water partition coefficient (Wildman–Crippen LogP) is 4.63. The molecule has 2 aliphatic heterocycles. The zero-order valence-corrected chi connectivity index (χ0v) is 21.5. The van der Waals surface area contributed by atoms with Crippen LogP contribution in [0.5, 0.6) is 0 Å². The van der Waals surface area contributed by atoms with Gasteiger partial charge in [0, 0.05) is 17.8 Å². The highest BCUT2D eigenvalue weighted by molar-refractivity contribution is 5.90. The second kappa shape index (κ2) is 7.75. The van der Waals surface area contributed by atoms with E-state index >= 15 is 0 Å². The Hall–Kier alpha value is -1.50. The maximum atomic E-state index is 13.5. The molecule has 0 aromatic rings. The summed E-state index contributed by atoms with van der Waals surface area (Å²) in [7, 11) is 0. The van der Waals surface area contributed by atoms with E-state index in [0.29, 0.717) is 37.9 Å². The molecular weight excluding hydrogens is 444 g/mol. The molecule has 192 valence electrons. The molecule has 3 unspecified atom stereocenters. The van der Waals surface area contributed by atoms with Gasteiger partial charge in [-0.2, -0.15) is 0 Å². The Morgan fingerprint density at radius 1 is 1.31 bits per heavy atom. The van der Waals surface area contributed by atoms with Crippen molar-refractivity contribution >= 4 is 12.3 Å². The van der Waals surface area contributed by atoms with Crippen LogP contribution in [0.1, 0.15) is 59.8 Å². The smallest absolute Gasteiger partial charge is 0.315 e. The van der Waals surface area contributed by atoms with Gasteiger partial charge in [-0.15, -0.1) is 0 Å². The number of ether oxygens (including phenoxy) is 3. The van der Waals surface area contributed by atoms with E-state index < -0.39 is 28.5 Å². The summed E-state index contributed by atoms with van der Waals surface area (Å²) in [5.74, 6) is 0.474. The molecule has 2 heterocycles. The average Bonchev–Trinajstić information content (AvgIpc) is 3.50. The summed E-state index contributed by atoms with van der Waals surface area (Å²) in [5.41, 5.74) is -0.635. The molecule has 4 aliphatic carbocycles. The Bertz CT molecular complexity index is 986. The molecule has 0 spiro atoms. The second-order valence-electron chi connectivity index (χ2n) is 12.8. The third-order valence-corrected chi connectivity index (χ3v) is 11.3. The van der Waals surface area contributed by atoms with E-state index in [1.807, 2.05) is 6.92 Å². The van der Waals surface area contributed by atoms with Gasteiger partial charge in [-0.25, -0.2) is 0 Å². The number of rotatable bonds is 6. The lowest BCUT2D eigenvalue weighted by atomic mass is 9.43. The highest BCUT2D eigenvalue weighted by Crippen LogP contribution is 2.82. The van der Waals surface area contributed by atoms with Crippen LogP contribution in [0.4, 0.5) is 0 Å².